The van der Waals surface area contributed by atoms with Gasteiger partial charge in [0, 0.05) is 11.8 Å². The van der Waals surface area contributed by atoms with Crippen LogP contribution < -0.4 is 9.47 Å². The molecule has 0 unspecified atom stereocenters. The highest BCUT2D eigenvalue weighted by Crippen LogP contribution is 2.81. The molecular formula is C51H52O4. The van der Waals surface area contributed by atoms with Gasteiger partial charge in [-0.2, -0.15) is 0 Å². The molecule has 9 rings (SSSR count). The molecule has 6 atom stereocenters. The number of fused-ring (bicyclic) bond motifs is 12. The van der Waals surface area contributed by atoms with Crippen molar-refractivity contribution in [1.82, 2.24) is 0 Å². The highest BCUT2D eigenvalue weighted by molar-refractivity contribution is 6.30. The van der Waals surface area contributed by atoms with Crippen LogP contribution in [0.5, 0.6) is 11.5 Å². The molecular weight excluding hydrogens is 677 g/mol. The normalized spacial score (nSPS) is 25.7. The van der Waals surface area contributed by atoms with Gasteiger partial charge in [0.15, 0.2) is 17.3 Å². The lowest BCUT2D eigenvalue weighted by Gasteiger charge is -2.45. The van der Waals surface area contributed by atoms with Crippen molar-refractivity contribution in [1.29, 1.82) is 0 Å². The van der Waals surface area contributed by atoms with Crippen LogP contribution in [0.3, 0.4) is 0 Å². The zero-order chi connectivity index (χ0) is 37.4. The van der Waals surface area contributed by atoms with Crippen LogP contribution >= 0.6 is 0 Å². The van der Waals surface area contributed by atoms with Crippen molar-refractivity contribution in [2.24, 2.45) is 11.8 Å². The highest BCUT2D eigenvalue weighted by Gasteiger charge is 2.82. The topological polar surface area (TPSA) is 44.8 Å². The van der Waals surface area contributed by atoms with Gasteiger partial charge in [-0.05, 0) is 69.5 Å². The molecule has 0 radical (unpaired) electrons. The van der Waals surface area contributed by atoms with Crippen LogP contribution in [0.25, 0.3) is 11.1 Å². The number of Topliss-reactive ketones (excluding diaryl/α,β-unsaturated/α-hetero) is 1. The molecule has 2 heterocycles. The van der Waals surface area contributed by atoms with Gasteiger partial charge in [-0.15, -0.1) is 0 Å². The first kappa shape index (κ1) is 35.8. The Labute approximate surface area is 326 Å². The molecule has 1 saturated heterocycles. The fourth-order valence-electron chi connectivity index (χ4n) is 10.8. The third-order valence-corrected chi connectivity index (χ3v) is 12.9. The molecule has 5 aromatic rings. The second-order valence-corrected chi connectivity index (χ2v) is 15.9. The molecule has 4 nitrogen and oxygen atoms in total. The number of benzene rings is 5. The smallest absolute Gasteiger partial charge is 0.163 e. The van der Waals surface area contributed by atoms with Gasteiger partial charge in [-0.3, -0.25) is 4.79 Å². The van der Waals surface area contributed by atoms with E-state index in [0.29, 0.717) is 13.2 Å². The maximum atomic E-state index is 16.5. The van der Waals surface area contributed by atoms with Crippen molar-refractivity contribution < 1.29 is 19.0 Å². The zero-order valence-electron chi connectivity index (χ0n) is 32.2. The molecule has 2 fully saturated rings. The molecule has 5 aromatic carbocycles. The van der Waals surface area contributed by atoms with Crippen molar-refractivity contribution in [3.63, 3.8) is 0 Å². The number of rotatable bonds is 16. The summed E-state index contributed by atoms with van der Waals surface area (Å²) in [5, 5.41) is 0. The summed E-state index contributed by atoms with van der Waals surface area (Å²) >= 11 is 0. The minimum absolute atomic E-state index is 0.138. The summed E-state index contributed by atoms with van der Waals surface area (Å²) in [5.41, 5.74) is 6.82. The first-order valence-corrected chi connectivity index (χ1v) is 20.8. The largest absolute Gasteiger partial charge is 0.490 e. The van der Waals surface area contributed by atoms with E-state index in [1.807, 2.05) is 0 Å². The van der Waals surface area contributed by atoms with E-state index < -0.39 is 10.8 Å². The predicted molar refractivity (Wildman–Crippen MR) is 220 cm³/mol. The predicted octanol–water partition coefficient (Wildman–Crippen LogP) is 12.0. The standard InChI is InChI=1S/C51H52O4/c1-3-5-7-21-31-53-41-33-39-40(34-42(41)54-32-22-8-6-4-2)48-46-45(47(39)55-48)50(37-27-17-11-18-28-37)43(35-23-13-9-14-24-35)44(36-25-15-10-16-26-36)51(46,49(50)52)38-29-19-12-20-30-38/h9-20,23-30,33-34,45-48H,3-8,21-22,31-32H2,1-2H3/t45-,46+,47-,48+,50-,51+. The summed E-state index contributed by atoms with van der Waals surface area (Å²) in [6, 6.07) is 47.0. The van der Waals surface area contributed by atoms with Crippen molar-refractivity contribution in [3.8, 4) is 11.5 Å². The number of ketones is 1. The number of carbonyl (C=O) groups excluding carboxylic acids is 1. The fraction of sp³-hybridized carbons (Fsp3) is 0.353. The van der Waals surface area contributed by atoms with E-state index in [2.05, 4.69) is 147 Å². The lowest BCUT2D eigenvalue weighted by atomic mass is 9.54. The lowest BCUT2D eigenvalue weighted by molar-refractivity contribution is -0.125. The summed E-state index contributed by atoms with van der Waals surface area (Å²) in [7, 11) is 0. The maximum Gasteiger partial charge on any atom is 0.163 e. The highest BCUT2D eigenvalue weighted by atomic mass is 16.5. The first-order valence-electron chi connectivity index (χ1n) is 20.8. The summed E-state index contributed by atoms with van der Waals surface area (Å²) in [6.45, 7) is 5.77. The summed E-state index contributed by atoms with van der Waals surface area (Å²) in [5.74, 6) is 1.57. The molecule has 4 bridgehead atoms. The Morgan fingerprint density at radius 3 is 1.27 bits per heavy atom. The Kier molecular flexibility index (Phi) is 9.72. The van der Waals surface area contributed by atoms with E-state index in [1.54, 1.807) is 0 Å². The van der Waals surface area contributed by atoms with Crippen LogP contribution in [0, 0.1) is 11.8 Å². The van der Waals surface area contributed by atoms with Crippen LogP contribution in [0.4, 0.5) is 0 Å². The number of ether oxygens (including phenoxy) is 3. The molecule has 0 aromatic heterocycles. The van der Waals surface area contributed by atoms with Gasteiger partial charge in [-0.25, -0.2) is 0 Å². The molecule has 0 amide bonds. The number of hydrogen-bond acceptors (Lipinski definition) is 4. The Balaban J connectivity index is 1.28. The Morgan fingerprint density at radius 2 is 0.891 bits per heavy atom. The van der Waals surface area contributed by atoms with Crippen LogP contribution in [-0.4, -0.2) is 19.0 Å². The lowest BCUT2D eigenvalue weighted by Crippen LogP contribution is -2.42. The quantitative estimate of drug-likeness (QED) is 0.0949. The molecule has 4 aliphatic rings. The van der Waals surface area contributed by atoms with Crippen LogP contribution in [-0.2, 0) is 20.4 Å². The van der Waals surface area contributed by atoms with Crippen LogP contribution in [0.2, 0.25) is 0 Å². The number of hydrogen-bond donors (Lipinski definition) is 0. The average molecular weight is 729 g/mol. The van der Waals surface area contributed by atoms with Crippen LogP contribution in [0.1, 0.15) is 111 Å². The zero-order valence-corrected chi connectivity index (χ0v) is 32.2. The maximum absolute atomic E-state index is 16.5. The first-order chi connectivity index (χ1) is 27.2. The average Bonchev–Trinajstić information content (AvgIpc) is 3.94. The summed E-state index contributed by atoms with van der Waals surface area (Å²) in [6.07, 6.45) is 8.50. The Hall–Kier alpha value is -4.93. The van der Waals surface area contributed by atoms with Gasteiger partial charge in [-0.1, -0.05) is 174 Å². The molecule has 0 N–H and O–H groups in total. The molecule has 2 aliphatic heterocycles. The molecule has 4 heteroatoms. The van der Waals surface area contributed by atoms with E-state index >= 15 is 4.79 Å². The number of allylic oxidation sites excluding steroid dienone is 2. The van der Waals surface area contributed by atoms with Crippen LogP contribution in [0.15, 0.2) is 133 Å². The summed E-state index contributed by atoms with van der Waals surface area (Å²) < 4.78 is 20.5. The van der Waals surface area contributed by atoms with E-state index in [1.165, 1.54) is 25.7 Å². The number of carbonyl (C=O) groups is 1. The van der Waals surface area contributed by atoms with Gasteiger partial charge in [0.2, 0.25) is 0 Å². The Morgan fingerprint density at radius 1 is 0.509 bits per heavy atom. The third kappa shape index (κ3) is 5.46. The van der Waals surface area contributed by atoms with Gasteiger partial charge in [0.05, 0.1) is 36.3 Å². The van der Waals surface area contributed by atoms with E-state index in [-0.39, 0.29) is 29.8 Å². The van der Waals surface area contributed by atoms with Crippen molar-refractivity contribution in [2.75, 3.05) is 13.2 Å². The second kappa shape index (κ2) is 15.0. The minimum atomic E-state index is -0.957. The van der Waals surface area contributed by atoms with Gasteiger partial charge in [0.25, 0.3) is 0 Å². The van der Waals surface area contributed by atoms with Gasteiger partial charge in [0.1, 0.15) is 0 Å². The van der Waals surface area contributed by atoms with Gasteiger partial charge >= 0.3 is 0 Å². The van der Waals surface area contributed by atoms with E-state index in [4.69, 9.17) is 14.2 Å². The van der Waals surface area contributed by atoms with Crippen molar-refractivity contribution >= 4 is 16.9 Å². The second-order valence-electron chi connectivity index (χ2n) is 15.9. The molecule has 280 valence electrons. The monoisotopic (exact) mass is 728 g/mol. The minimum Gasteiger partial charge on any atom is -0.490 e. The molecule has 55 heavy (non-hydrogen) atoms. The summed E-state index contributed by atoms with van der Waals surface area (Å²) in [4.78, 5) is 16.5. The SMILES string of the molecule is CCCCCCOc1cc2c(cc1OCCCCCC)[C@@H]1O[C@H]2[C@H]2[C@@H]1[C@@]1(c3ccccc3)C(=O)[C@]2(c2ccccc2)C(c2ccccc2)=C1c1ccccc1. The van der Waals surface area contributed by atoms with Crippen molar-refractivity contribution in [2.45, 2.75) is 88.3 Å². The van der Waals surface area contributed by atoms with E-state index in [0.717, 1.165) is 81.7 Å². The van der Waals surface area contributed by atoms with Crippen molar-refractivity contribution in [3.05, 3.63) is 167 Å². The third-order valence-electron chi connectivity index (χ3n) is 12.9. The number of unbranched alkanes of at least 4 members (excludes halogenated alkanes) is 6. The fourth-order valence-corrected chi connectivity index (χ4v) is 10.8. The van der Waals surface area contributed by atoms with E-state index in [9.17, 15) is 0 Å². The van der Waals surface area contributed by atoms with Gasteiger partial charge < -0.3 is 14.2 Å². The Bertz CT molecular complexity index is 2010. The molecule has 1 saturated carbocycles. The molecule has 2 aliphatic carbocycles. The molecule has 0 spiro atoms.